The number of nitrogens with one attached hydrogen (secondary N) is 2. The predicted octanol–water partition coefficient (Wildman–Crippen LogP) is 4.02. The van der Waals surface area contributed by atoms with Gasteiger partial charge in [0.1, 0.15) is 0 Å². The Morgan fingerprint density at radius 1 is 1.21 bits per heavy atom. The summed E-state index contributed by atoms with van der Waals surface area (Å²) in [5, 5.41) is 6.70. The molecule has 3 rings (SSSR count). The van der Waals surface area contributed by atoms with Gasteiger partial charge in [0.05, 0.1) is 4.75 Å². The van der Waals surface area contributed by atoms with E-state index in [4.69, 9.17) is 0 Å². The van der Waals surface area contributed by atoms with Crippen LogP contribution in [0.5, 0.6) is 0 Å². The van der Waals surface area contributed by atoms with Crippen LogP contribution >= 0.6 is 24.2 Å². The molecule has 1 heterocycles. The highest BCUT2D eigenvalue weighted by Gasteiger charge is 2.42. The van der Waals surface area contributed by atoms with Crippen molar-refractivity contribution in [3.05, 3.63) is 30.3 Å². The molecule has 0 radical (unpaired) electrons. The topological polar surface area (TPSA) is 41.1 Å². The summed E-state index contributed by atoms with van der Waals surface area (Å²) in [6, 6.07) is 10.4. The summed E-state index contributed by atoms with van der Waals surface area (Å²) in [6.45, 7) is 3.09. The molecular weight excluding hydrogens is 340 g/mol. The smallest absolute Gasteiger partial charge is 0.236 e. The molecule has 1 unspecified atom stereocenters. The zero-order chi connectivity index (χ0) is 16.0. The van der Waals surface area contributed by atoms with Crippen LogP contribution in [0.15, 0.2) is 35.2 Å². The lowest BCUT2D eigenvalue weighted by atomic mass is 9.96. The van der Waals surface area contributed by atoms with Crippen molar-refractivity contribution in [2.75, 3.05) is 19.6 Å². The normalized spacial score (nSPS) is 22.6. The summed E-state index contributed by atoms with van der Waals surface area (Å²) < 4.78 is -0.244. The summed E-state index contributed by atoms with van der Waals surface area (Å²) in [6.07, 6.45) is 8.01. The van der Waals surface area contributed by atoms with Gasteiger partial charge in [-0.2, -0.15) is 0 Å². The SMILES string of the molecule is Cl.O=C(NCCC1CCCNC1)C1(Sc2ccccc2)CCCC1. The molecule has 1 atom stereocenters. The van der Waals surface area contributed by atoms with Crippen molar-refractivity contribution >= 4 is 30.1 Å². The highest BCUT2D eigenvalue weighted by molar-refractivity contribution is 8.01. The molecule has 1 aromatic rings. The predicted molar refractivity (Wildman–Crippen MR) is 104 cm³/mol. The van der Waals surface area contributed by atoms with E-state index in [1.54, 1.807) is 11.8 Å². The molecule has 0 spiro atoms. The number of carbonyl (C=O) groups excluding carboxylic acids is 1. The number of hydrogen-bond donors (Lipinski definition) is 2. The second-order valence-electron chi connectivity index (χ2n) is 6.87. The van der Waals surface area contributed by atoms with Crippen LogP contribution in [0.2, 0.25) is 0 Å². The van der Waals surface area contributed by atoms with E-state index in [9.17, 15) is 4.79 Å². The zero-order valence-electron chi connectivity index (χ0n) is 14.3. The lowest BCUT2D eigenvalue weighted by molar-refractivity contribution is -0.123. The van der Waals surface area contributed by atoms with Gasteiger partial charge in [-0.3, -0.25) is 4.79 Å². The monoisotopic (exact) mass is 368 g/mol. The number of rotatable bonds is 6. The maximum absolute atomic E-state index is 12.9. The van der Waals surface area contributed by atoms with Crippen molar-refractivity contribution in [3.8, 4) is 0 Å². The fourth-order valence-corrected chi connectivity index (χ4v) is 5.16. The molecule has 1 aliphatic carbocycles. The van der Waals surface area contributed by atoms with E-state index in [0.29, 0.717) is 0 Å². The molecule has 5 heteroatoms. The van der Waals surface area contributed by atoms with Crippen LogP contribution < -0.4 is 10.6 Å². The van der Waals surface area contributed by atoms with Crippen molar-refractivity contribution < 1.29 is 4.79 Å². The van der Waals surface area contributed by atoms with E-state index >= 15 is 0 Å². The maximum Gasteiger partial charge on any atom is 0.236 e. The Kier molecular flexibility index (Phi) is 7.92. The average molecular weight is 369 g/mol. The van der Waals surface area contributed by atoms with E-state index in [0.717, 1.165) is 44.8 Å². The molecule has 2 aliphatic rings. The Morgan fingerprint density at radius 2 is 1.96 bits per heavy atom. The number of halogens is 1. The number of carbonyl (C=O) groups is 1. The molecule has 134 valence electrons. The summed E-state index contributed by atoms with van der Waals surface area (Å²) in [7, 11) is 0. The van der Waals surface area contributed by atoms with Crippen LogP contribution in [0.4, 0.5) is 0 Å². The summed E-state index contributed by atoms with van der Waals surface area (Å²) in [5.41, 5.74) is 0. The summed E-state index contributed by atoms with van der Waals surface area (Å²) in [4.78, 5) is 14.1. The Balaban J connectivity index is 0.00000208. The van der Waals surface area contributed by atoms with Crippen LogP contribution in [0, 0.1) is 5.92 Å². The molecule has 1 aliphatic heterocycles. The number of thioether (sulfide) groups is 1. The van der Waals surface area contributed by atoms with Crippen molar-refractivity contribution in [3.63, 3.8) is 0 Å². The van der Waals surface area contributed by atoms with Crippen LogP contribution in [-0.2, 0) is 4.79 Å². The van der Waals surface area contributed by atoms with Gasteiger partial charge in [-0.05, 0) is 63.2 Å². The fraction of sp³-hybridized carbons (Fsp3) is 0.632. The number of benzene rings is 1. The first-order valence-electron chi connectivity index (χ1n) is 9.02. The largest absolute Gasteiger partial charge is 0.355 e. The molecule has 1 amide bonds. The van der Waals surface area contributed by atoms with E-state index in [2.05, 4.69) is 34.9 Å². The molecule has 0 bridgehead atoms. The van der Waals surface area contributed by atoms with Gasteiger partial charge in [0.15, 0.2) is 0 Å². The zero-order valence-corrected chi connectivity index (χ0v) is 15.9. The van der Waals surface area contributed by atoms with Crippen molar-refractivity contribution in [1.82, 2.24) is 10.6 Å². The summed E-state index contributed by atoms with van der Waals surface area (Å²) in [5.74, 6) is 0.984. The number of piperidine rings is 1. The Labute approximate surface area is 156 Å². The Hall–Kier alpha value is -0.710. The third-order valence-corrected chi connectivity index (χ3v) is 6.61. The van der Waals surface area contributed by atoms with E-state index in [-0.39, 0.29) is 23.1 Å². The van der Waals surface area contributed by atoms with Gasteiger partial charge in [-0.1, -0.05) is 31.0 Å². The minimum Gasteiger partial charge on any atom is -0.355 e. The van der Waals surface area contributed by atoms with Crippen LogP contribution in [0.1, 0.15) is 44.9 Å². The molecule has 2 fully saturated rings. The second kappa shape index (κ2) is 9.69. The highest BCUT2D eigenvalue weighted by atomic mass is 35.5. The maximum atomic E-state index is 12.9. The van der Waals surface area contributed by atoms with Crippen LogP contribution in [-0.4, -0.2) is 30.3 Å². The lowest BCUT2D eigenvalue weighted by Crippen LogP contribution is -2.43. The van der Waals surface area contributed by atoms with Gasteiger partial charge in [0, 0.05) is 11.4 Å². The number of hydrogen-bond acceptors (Lipinski definition) is 3. The quantitative estimate of drug-likeness (QED) is 0.796. The van der Waals surface area contributed by atoms with Gasteiger partial charge < -0.3 is 10.6 Å². The van der Waals surface area contributed by atoms with Crippen LogP contribution in [0.3, 0.4) is 0 Å². The Morgan fingerprint density at radius 3 is 2.62 bits per heavy atom. The molecular formula is C19H29ClN2OS. The molecule has 24 heavy (non-hydrogen) atoms. The van der Waals surface area contributed by atoms with E-state index < -0.39 is 0 Å². The third-order valence-electron chi connectivity index (χ3n) is 5.12. The lowest BCUT2D eigenvalue weighted by Gasteiger charge is -2.28. The average Bonchev–Trinajstić information content (AvgIpc) is 3.06. The van der Waals surface area contributed by atoms with Gasteiger partial charge in [0.25, 0.3) is 0 Å². The van der Waals surface area contributed by atoms with Gasteiger partial charge in [-0.25, -0.2) is 0 Å². The molecule has 2 N–H and O–H groups in total. The first-order chi connectivity index (χ1) is 11.3. The van der Waals surface area contributed by atoms with Gasteiger partial charge in [0.2, 0.25) is 5.91 Å². The highest BCUT2D eigenvalue weighted by Crippen LogP contribution is 2.45. The standard InChI is InChI=1S/C19H28N2OS.ClH/c22-18(21-14-10-16-7-6-13-20-15-16)19(11-4-5-12-19)23-17-8-2-1-3-9-17;/h1-3,8-9,16,20H,4-7,10-15H2,(H,21,22);1H. The van der Waals surface area contributed by atoms with Crippen molar-refractivity contribution in [1.29, 1.82) is 0 Å². The first-order valence-corrected chi connectivity index (χ1v) is 9.83. The molecule has 1 saturated carbocycles. The fourth-order valence-electron chi connectivity index (χ4n) is 3.76. The molecule has 1 saturated heterocycles. The minimum atomic E-state index is -0.244. The Bertz CT molecular complexity index is 499. The molecule has 0 aromatic heterocycles. The molecule has 1 aromatic carbocycles. The van der Waals surface area contributed by atoms with Crippen molar-refractivity contribution in [2.24, 2.45) is 5.92 Å². The van der Waals surface area contributed by atoms with Crippen molar-refractivity contribution in [2.45, 2.75) is 54.6 Å². The molecule has 3 nitrogen and oxygen atoms in total. The number of amides is 1. The van der Waals surface area contributed by atoms with E-state index in [1.165, 1.54) is 30.6 Å². The van der Waals surface area contributed by atoms with Crippen LogP contribution in [0.25, 0.3) is 0 Å². The van der Waals surface area contributed by atoms with E-state index in [1.807, 2.05) is 6.07 Å². The minimum absolute atomic E-state index is 0. The van der Waals surface area contributed by atoms with Gasteiger partial charge in [-0.15, -0.1) is 24.2 Å². The summed E-state index contributed by atoms with van der Waals surface area (Å²) >= 11 is 1.77. The first kappa shape index (κ1) is 19.6. The van der Waals surface area contributed by atoms with Gasteiger partial charge >= 0.3 is 0 Å². The second-order valence-corrected chi connectivity index (χ2v) is 8.33. The third kappa shape index (κ3) is 5.14.